The zero-order valence-electron chi connectivity index (χ0n) is 12.0. The lowest BCUT2D eigenvalue weighted by Crippen LogP contribution is -2.42. The summed E-state index contributed by atoms with van der Waals surface area (Å²) in [6.07, 6.45) is 6.21. The number of nitrogens with zero attached hydrogens (tertiary/aromatic N) is 3. The summed E-state index contributed by atoms with van der Waals surface area (Å²) < 4.78 is 0. The highest BCUT2D eigenvalue weighted by Gasteiger charge is 2.40. The Morgan fingerprint density at radius 2 is 1.75 bits per heavy atom. The van der Waals surface area contributed by atoms with E-state index < -0.39 is 5.60 Å². The first-order chi connectivity index (χ1) is 9.39. The molecule has 1 aliphatic rings. The van der Waals surface area contributed by atoms with Gasteiger partial charge in [0.25, 0.3) is 0 Å². The molecule has 0 radical (unpaired) electrons. The summed E-state index contributed by atoms with van der Waals surface area (Å²) in [6, 6.07) is 7.77. The largest absolute Gasteiger partial charge is 0.385 e. The molecular formula is C16H19N3O. The smallest absolute Gasteiger partial charge is 0.113 e. The minimum Gasteiger partial charge on any atom is -0.385 e. The summed E-state index contributed by atoms with van der Waals surface area (Å²) in [5, 5.41) is 19.8. The van der Waals surface area contributed by atoms with Crippen molar-refractivity contribution in [3.05, 3.63) is 42.5 Å². The van der Waals surface area contributed by atoms with Crippen LogP contribution in [-0.2, 0) is 0 Å². The number of hydrogen-bond donors (Lipinski definition) is 1. The van der Waals surface area contributed by atoms with E-state index in [1.54, 1.807) is 4.80 Å². The van der Waals surface area contributed by atoms with Crippen LogP contribution in [0.5, 0.6) is 0 Å². The first-order valence-electron chi connectivity index (χ1n) is 6.82. The molecule has 0 spiro atoms. The fraction of sp³-hybridized carbons (Fsp3) is 0.375. The highest BCUT2D eigenvalue weighted by molar-refractivity contribution is 5.74. The van der Waals surface area contributed by atoms with Crippen LogP contribution in [0.4, 0.5) is 0 Å². The molecule has 0 aliphatic heterocycles. The van der Waals surface area contributed by atoms with Gasteiger partial charge in [-0.2, -0.15) is 4.80 Å². The zero-order valence-corrected chi connectivity index (χ0v) is 12.0. The van der Waals surface area contributed by atoms with Gasteiger partial charge < -0.3 is 5.11 Å². The van der Waals surface area contributed by atoms with Crippen molar-refractivity contribution in [2.75, 3.05) is 0 Å². The van der Waals surface area contributed by atoms with Crippen LogP contribution in [0.2, 0.25) is 0 Å². The summed E-state index contributed by atoms with van der Waals surface area (Å²) in [7, 11) is 0. The molecule has 1 aromatic carbocycles. The van der Waals surface area contributed by atoms with Crippen LogP contribution in [0.1, 0.15) is 27.2 Å². The van der Waals surface area contributed by atoms with Crippen molar-refractivity contribution < 1.29 is 5.11 Å². The maximum Gasteiger partial charge on any atom is 0.113 e. The van der Waals surface area contributed by atoms with Crippen molar-refractivity contribution in [1.82, 2.24) is 15.0 Å². The van der Waals surface area contributed by atoms with Gasteiger partial charge in [-0.1, -0.05) is 45.1 Å². The summed E-state index contributed by atoms with van der Waals surface area (Å²) in [5.74, 6) is 0. The quantitative estimate of drug-likeness (QED) is 0.865. The van der Waals surface area contributed by atoms with Crippen molar-refractivity contribution in [1.29, 1.82) is 0 Å². The monoisotopic (exact) mass is 269 g/mol. The van der Waals surface area contributed by atoms with E-state index in [0.717, 1.165) is 16.7 Å². The van der Waals surface area contributed by atoms with Crippen molar-refractivity contribution in [2.24, 2.45) is 5.41 Å². The van der Waals surface area contributed by atoms with Crippen molar-refractivity contribution >= 4 is 16.7 Å². The maximum absolute atomic E-state index is 10.8. The van der Waals surface area contributed by atoms with Gasteiger partial charge in [-0.05, 0) is 23.6 Å². The molecule has 0 saturated carbocycles. The molecule has 1 N–H and O–H groups in total. The second kappa shape index (κ2) is 4.28. The van der Waals surface area contributed by atoms with Crippen LogP contribution < -0.4 is 0 Å². The lowest BCUT2D eigenvalue weighted by Gasteiger charge is -2.39. The molecule has 0 bridgehead atoms. The summed E-state index contributed by atoms with van der Waals surface area (Å²) in [6.45, 7) is 6.11. The second-order valence-electron chi connectivity index (χ2n) is 6.35. The van der Waals surface area contributed by atoms with Gasteiger partial charge in [0, 0.05) is 6.42 Å². The molecule has 1 atom stereocenters. The SMILES string of the molecule is CC(C)(C)C1(O)C=CC=C(n2nc3ccccc3n2)C1. The van der Waals surface area contributed by atoms with E-state index in [1.165, 1.54) is 0 Å². The highest BCUT2D eigenvalue weighted by atomic mass is 16.3. The molecule has 20 heavy (non-hydrogen) atoms. The Bertz CT molecular complexity index is 673. The van der Waals surface area contributed by atoms with E-state index in [0.29, 0.717) is 6.42 Å². The number of rotatable bonds is 1. The molecule has 0 fully saturated rings. The standard InChI is InChI=1S/C16H19N3O/c1-15(2,3)16(20)10-6-7-12(11-16)19-17-13-8-4-5-9-14(13)18-19/h4-10,20H,11H2,1-3H3. The Labute approximate surface area is 118 Å². The molecule has 3 rings (SSSR count). The number of hydrogen-bond acceptors (Lipinski definition) is 3. The van der Waals surface area contributed by atoms with E-state index in [-0.39, 0.29) is 5.41 Å². The van der Waals surface area contributed by atoms with Gasteiger partial charge >= 0.3 is 0 Å². The number of allylic oxidation sites excluding steroid dienone is 2. The Morgan fingerprint density at radius 1 is 1.15 bits per heavy atom. The average Bonchev–Trinajstić information content (AvgIpc) is 2.81. The molecule has 2 aromatic rings. The molecule has 4 heteroatoms. The molecular weight excluding hydrogens is 250 g/mol. The predicted molar refractivity (Wildman–Crippen MR) is 80.0 cm³/mol. The molecule has 4 nitrogen and oxygen atoms in total. The first kappa shape index (κ1) is 13.1. The molecule has 0 amide bonds. The molecule has 1 aliphatic carbocycles. The van der Waals surface area contributed by atoms with Gasteiger partial charge in [0.15, 0.2) is 0 Å². The van der Waals surface area contributed by atoms with Gasteiger partial charge in [-0.15, -0.1) is 10.2 Å². The third kappa shape index (κ3) is 2.06. The van der Waals surface area contributed by atoms with Crippen molar-refractivity contribution in [2.45, 2.75) is 32.8 Å². The van der Waals surface area contributed by atoms with Crippen LogP contribution in [0, 0.1) is 5.41 Å². The Kier molecular flexibility index (Phi) is 2.80. The highest BCUT2D eigenvalue weighted by Crippen LogP contribution is 2.39. The summed E-state index contributed by atoms with van der Waals surface area (Å²) in [4.78, 5) is 1.63. The fourth-order valence-electron chi connectivity index (χ4n) is 2.35. The lowest BCUT2D eigenvalue weighted by atomic mass is 9.72. The topological polar surface area (TPSA) is 50.9 Å². The van der Waals surface area contributed by atoms with Crippen LogP contribution in [0.15, 0.2) is 42.5 Å². The molecule has 1 unspecified atom stereocenters. The van der Waals surface area contributed by atoms with Crippen molar-refractivity contribution in [3.63, 3.8) is 0 Å². The van der Waals surface area contributed by atoms with Crippen LogP contribution in [0.3, 0.4) is 0 Å². The van der Waals surface area contributed by atoms with E-state index in [1.807, 2.05) is 63.3 Å². The van der Waals surface area contributed by atoms with Gasteiger partial charge in [0.05, 0.1) is 11.3 Å². The maximum atomic E-state index is 10.8. The average molecular weight is 269 g/mol. The Balaban J connectivity index is 1.99. The third-order valence-electron chi connectivity index (χ3n) is 3.95. The first-order valence-corrected chi connectivity index (χ1v) is 6.82. The number of aromatic nitrogens is 3. The lowest BCUT2D eigenvalue weighted by molar-refractivity contribution is -0.0110. The zero-order chi connectivity index (χ0) is 14.4. The molecule has 1 heterocycles. The van der Waals surface area contributed by atoms with E-state index >= 15 is 0 Å². The van der Waals surface area contributed by atoms with E-state index in [4.69, 9.17) is 0 Å². The van der Waals surface area contributed by atoms with Gasteiger partial charge in [0.2, 0.25) is 0 Å². The normalized spacial score (nSPS) is 23.1. The predicted octanol–water partition coefficient (Wildman–Crippen LogP) is 3.01. The van der Waals surface area contributed by atoms with Gasteiger partial charge in [-0.3, -0.25) is 0 Å². The number of benzene rings is 1. The third-order valence-corrected chi connectivity index (χ3v) is 3.95. The molecule has 1 aromatic heterocycles. The van der Waals surface area contributed by atoms with E-state index in [2.05, 4.69) is 10.2 Å². The molecule has 104 valence electrons. The van der Waals surface area contributed by atoms with Crippen LogP contribution in [-0.4, -0.2) is 25.7 Å². The van der Waals surface area contributed by atoms with E-state index in [9.17, 15) is 5.11 Å². The minimum absolute atomic E-state index is 0.240. The molecule has 0 saturated heterocycles. The summed E-state index contributed by atoms with van der Waals surface area (Å²) >= 11 is 0. The Hall–Kier alpha value is -1.94. The van der Waals surface area contributed by atoms with Gasteiger partial charge in [-0.25, -0.2) is 0 Å². The number of fused-ring (bicyclic) bond motifs is 1. The minimum atomic E-state index is -0.878. The van der Waals surface area contributed by atoms with Gasteiger partial charge in [0.1, 0.15) is 11.0 Å². The fourth-order valence-corrected chi connectivity index (χ4v) is 2.35. The van der Waals surface area contributed by atoms with Crippen LogP contribution >= 0.6 is 0 Å². The summed E-state index contributed by atoms with van der Waals surface area (Å²) in [5.41, 5.74) is 1.51. The Morgan fingerprint density at radius 3 is 2.30 bits per heavy atom. The number of aliphatic hydroxyl groups is 1. The second-order valence-corrected chi connectivity index (χ2v) is 6.35. The van der Waals surface area contributed by atoms with Crippen LogP contribution in [0.25, 0.3) is 16.7 Å². The van der Waals surface area contributed by atoms with Crippen molar-refractivity contribution in [3.8, 4) is 0 Å².